The first kappa shape index (κ1) is 23.6. The number of allylic oxidation sites excluding steroid dienone is 1. The zero-order valence-corrected chi connectivity index (χ0v) is 19.9. The van der Waals surface area contributed by atoms with Crippen LogP contribution in [0.2, 0.25) is 0 Å². The Labute approximate surface area is 193 Å². The number of carbonyl (C=O) groups is 2. The molecule has 1 aromatic heterocycles. The maximum absolute atomic E-state index is 12.0. The fraction of sp³-hybridized carbons (Fsp3) is 0.667. The number of aromatic nitrogens is 4. The van der Waals surface area contributed by atoms with Gasteiger partial charge in [0.15, 0.2) is 0 Å². The Bertz CT molecular complexity index is 773. The van der Waals surface area contributed by atoms with E-state index in [0.717, 1.165) is 0 Å². The molecule has 28 heavy (non-hydrogen) atoms. The zero-order chi connectivity index (χ0) is 19.7. The van der Waals surface area contributed by atoms with Crippen molar-refractivity contribution in [2.75, 3.05) is 26.5 Å². The summed E-state index contributed by atoms with van der Waals surface area (Å²) in [4.78, 5) is 27.3. The van der Waals surface area contributed by atoms with Gasteiger partial charge in [-0.3, -0.25) is 14.6 Å². The first-order valence-corrected chi connectivity index (χ1v) is 10.4. The molecule has 0 spiro atoms. The van der Waals surface area contributed by atoms with Crippen molar-refractivity contribution in [3.63, 3.8) is 0 Å². The molecule has 0 aliphatic carbocycles. The molecule has 1 unspecified atom stereocenters. The van der Waals surface area contributed by atoms with Crippen molar-refractivity contribution in [1.29, 1.82) is 0 Å². The Morgan fingerprint density at radius 1 is 1.46 bits per heavy atom. The molecule has 0 radical (unpaired) electrons. The second-order valence-corrected chi connectivity index (χ2v) is 8.79. The van der Waals surface area contributed by atoms with Crippen LogP contribution >= 0.6 is 23.5 Å². The van der Waals surface area contributed by atoms with Crippen LogP contribution in [0.3, 0.4) is 0 Å². The zero-order valence-electron chi connectivity index (χ0n) is 16.2. The third kappa shape index (κ3) is 4.42. The molecular formula is C15H21N6NaO4S2. The fourth-order valence-electron chi connectivity index (χ4n) is 2.92. The quantitative estimate of drug-likeness (QED) is 0.178. The third-order valence-corrected chi connectivity index (χ3v) is 7.14. The number of β-lactam (4-membered cyclic amide) rings is 1. The Kier molecular flexibility index (Phi) is 8.38. The summed E-state index contributed by atoms with van der Waals surface area (Å²) >= 11 is 2.84. The number of fused-ring (bicyclic) bond motifs is 1. The van der Waals surface area contributed by atoms with Crippen LogP contribution < -0.4 is 34.7 Å². The van der Waals surface area contributed by atoms with E-state index < -0.39 is 11.9 Å². The van der Waals surface area contributed by atoms with E-state index in [1.54, 1.807) is 4.68 Å². The van der Waals surface area contributed by atoms with Gasteiger partial charge in [-0.05, 0) is 44.3 Å². The number of hydrogen-bond donors (Lipinski definition) is 1. The van der Waals surface area contributed by atoms with Gasteiger partial charge in [-0.15, -0.1) is 16.9 Å². The van der Waals surface area contributed by atoms with E-state index in [9.17, 15) is 19.8 Å². The fourth-order valence-corrected chi connectivity index (χ4v) is 5.34. The van der Waals surface area contributed by atoms with Crippen molar-refractivity contribution in [3.05, 3.63) is 10.6 Å². The number of carboxylic acids is 1. The number of aliphatic hydroxyl groups is 1. The average molecular weight is 436 g/mol. The summed E-state index contributed by atoms with van der Waals surface area (Å²) in [6.45, 7) is 1.72. The summed E-state index contributed by atoms with van der Waals surface area (Å²) < 4.78 is 1.73. The van der Waals surface area contributed by atoms with Crippen LogP contribution in [-0.4, -0.2) is 78.8 Å². The molecule has 13 heteroatoms. The van der Waals surface area contributed by atoms with Crippen molar-refractivity contribution < 1.29 is 49.4 Å². The molecule has 0 bridgehead atoms. The molecule has 1 fully saturated rings. The molecule has 148 valence electrons. The minimum absolute atomic E-state index is 0. The second kappa shape index (κ2) is 9.92. The van der Waals surface area contributed by atoms with Gasteiger partial charge in [-0.2, -0.15) is 0 Å². The molecule has 1 aromatic rings. The minimum Gasteiger partial charge on any atom is -0.543 e. The van der Waals surface area contributed by atoms with Crippen molar-refractivity contribution >= 4 is 35.4 Å². The monoisotopic (exact) mass is 436 g/mol. The van der Waals surface area contributed by atoms with Crippen LogP contribution in [-0.2, 0) is 9.59 Å². The first-order valence-electron chi connectivity index (χ1n) is 8.49. The van der Waals surface area contributed by atoms with Gasteiger partial charge in [0.05, 0.1) is 24.2 Å². The van der Waals surface area contributed by atoms with Gasteiger partial charge in [0, 0.05) is 10.7 Å². The van der Waals surface area contributed by atoms with Crippen molar-refractivity contribution in [2.45, 2.75) is 36.5 Å². The molecule has 2 aliphatic rings. The van der Waals surface area contributed by atoms with E-state index in [4.69, 9.17) is 0 Å². The Hall–Kier alpha value is -0.630. The topological polar surface area (TPSA) is 128 Å². The molecule has 2 aliphatic heterocycles. The van der Waals surface area contributed by atoms with Crippen LogP contribution in [0.5, 0.6) is 0 Å². The van der Waals surface area contributed by atoms with Gasteiger partial charge < -0.3 is 15.0 Å². The predicted molar refractivity (Wildman–Crippen MR) is 97.0 cm³/mol. The summed E-state index contributed by atoms with van der Waals surface area (Å²) in [5, 5.41) is 32.9. The van der Waals surface area contributed by atoms with Crippen LogP contribution in [0.4, 0.5) is 0 Å². The van der Waals surface area contributed by atoms with E-state index in [-0.39, 0.29) is 59.3 Å². The molecule has 3 heterocycles. The van der Waals surface area contributed by atoms with Crippen molar-refractivity contribution in [3.8, 4) is 0 Å². The van der Waals surface area contributed by atoms with Gasteiger partial charge >= 0.3 is 29.6 Å². The number of tetrazole rings is 1. The molecule has 1 amide bonds. The van der Waals surface area contributed by atoms with Gasteiger partial charge in [-0.25, -0.2) is 4.68 Å². The maximum Gasteiger partial charge on any atom is 1.00 e. The number of carbonyl (C=O) groups excluding carboxylic acids is 2. The van der Waals surface area contributed by atoms with Gasteiger partial charge in [0.25, 0.3) is 0 Å². The number of hydrogen-bond acceptors (Lipinski definition) is 10. The minimum atomic E-state index is -1.35. The van der Waals surface area contributed by atoms with Gasteiger partial charge in [-0.1, -0.05) is 11.8 Å². The van der Waals surface area contributed by atoms with Crippen LogP contribution in [0, 0.1) is 5.92 Å². The Balaban J connectivity index is 0.00000280. The Morgan fingerprint density at radius 3 is 2.79 bits per heavy atom. The van der Waals surface area contributed by atoms with E-state index in [2.05, 4.69) is 15.5 Å². The van der Waals surface area contributed by atoms with Gasteiger partial charge in [0.2, 0.25) is 11.1 Å². The normalized spacial score (nSPS) is 22.2. The number of amides is 1. The molecule has 3 atom stereocenters. The number of nitrogens with zero attached hydrogens (tertiary/aromatic N) is 6. The standard InChI is InChI=1S/C15H22N6O4S2.Na/c1-8(19(2)3)21-15(16-17-18-21)26-6-4-5-10-11(14(24)25)20-12(23)9(7-22)13(20)27-10;/h8-9,13,22H,4-7H2,1-3H3,(H,24,25);/q;+1/p-1/t8?,9-,13+;/m0./s1. The van der Waals surface area contributed by atoms with Crippen molar-refractivity contribution in [1.82, 2.24) is 30.0 Å². The van der Waals surface area contributed by atoms with Crippen LogP contribution in [0.15, 0.2) is 15.8 Å². The van der Waals surface area contributed by atoms with E-state index in [0.29, 0.717) is 28.7 Å². The first-order chi connectivity index (χ1) is 12.9. The van der Waals surface area contributed by atoms with E-state index in [1.165, 1.54) is 28.4 Å². The largest absolute Gasteiger partial charge is 1.00 e. The second-order valence-electron chi connectivity index (χ2n) is 6.52. The van der Waals surface area contributed by atoms with Crippen LogP contribution in [0.1, 0.15) is 25.9 Å². The Morgan fingerprint density at radius 2 is 2.18 bits per heavy atom. The summed E-state index contributed by atoms with van der Waals surface area (Å²) in [6, 6.07) is 0. The van der Waals surface area contributed by atoms with E-state index >= 15 is 0 Å². The molecule has 10 nitrogen and oxygen atoms in total. The summed E-state index contributed by atoms with van der Waals surface area (Å²) in [5.74, 6) is -1.53. The predicted octanol–water partition coefficient (Wildman–Crippen LogP) is -3.89. The molecule has 1 N–H and O–H groups in total. The molecule has 0 saturated carbocycles. The summed E-state index contributed by atoms with van der Waals surface area (Å²) in [6.07, 6.45) is 1.24. The number of rotatable bonds is 9. The number of aliphatic carboxylic acids is 1. The molecule has 1 saturated heterocycles. The molecule has 0 aromatic carbocycles. The van der Waals surface area contributed by atoms with Crippen molar-refractivity contribution in [2.24, 2.45) is 5.92 Å². The molecule has 3 rings (SSSR count). The van der Waals surface area contributed by atoms with E-state index in [1.807, 2.05) is 25.9 Å². The van der Waals surface area contributed by atoms with Gasteiger partial charge in [0.1, 0.15) is 11.5 Å². The SMILES string of the molecule is CC(N(C)C)n1nnnc1SCCCC1=C(C(=O)[O-])N2C(=O)[C@H](CO)[C@H]2S1.[Na+]. The number of thioether (sulfide) groups is 2. The molecular weight excluding hydrogens is 415 g/mol. The summed E-state index contributed by atoms with van der Waals surface area (Å²) in [7, 11) is 3.88. The number of carboxylic acid groups (broad SMARTS) is 1. The third-order valence-electron chi connectivity index (χ3n) is 4.65. The smallest absolute Gasteiger partial charge is 0.543 e. The average Bonchev–Trinajstić information content (AvgIpc) is 3.21. The number of aliphatic hydroxyl groups excluding tert-OH is 1. The van der Waals surface area contributed by atoms with Crippen LogP contribution in [0.25, 0.3) is 0 Å². The maximum atomic E-state index is 12.0. The summed E-state index contributed by atoms with van der Waals surface area (Å²) in [5.41, 5.74) is -0.0456.